The van der Waals surface area contributed by atoms with Crippen molar-refractivity contribution >= 4 is 16.9 Å². The van der Waals surface area contributed by atoms with Gasteiger partial charge in [-0.05, 0) is 43.4 Å². The molecule has 1 aromatic carbocycles. The normalized spacial score (nSPS) is 12.6. The standard InChI is InChI=1S/C17H21N5O2/c1-3-22(4-2)15(16-6-5-9-24-16)11-18-17(23)12-7-8-13-14(10-12)20-21-19-13/h5-10,15H,3-4,11H2,1-2H3,(H,18,23)(H,19,20,21)/t15-/m0/s1. The van der Waals surface area contributed by atoms with Gasteiger partial charge >= 0.3 is 0 Å². The average Bonchev–Trinajstić information content (AvgIpc) is 3.28. The first-order chi connectivity index (χ1) is 11.7. The number of hydrogen-bond acceptors (Lipinski definition) is 5. The summed E-state index contributed by atoms with van der Waals surface area (Å²) in [6.07, 6.45) is 1.66. The lowest BCUT2D eigenvalue weighted by Gasteiger charge is -2.28. The number of furan rings is 1. The molecule has 0 fully saturated rings. The molecule has 24 heavy (non-hydrogen) atoms. The monoisotopic (exact) mass is 327 g/mol. The quantitative estimate of drug-likeness (QED) is 0.695. The smallest absolute Gasteiger partial charge is 0.251 e. The Morgan fingerprint density at radius 1 is 1.25 bits per heavy atom. The molecule has 2 N–H and O–H groups in total. The van der Waals surface area contributed by atoms with E-state index >= 15 is 0 Å². The van der Waals surface area contributed by atoms with E-state index in [9.17, 15) is 4.79 Å². The van der Waals surface area contributed by atoms with Crippen molar-refractivity contribution in [2.45, 2.75) is 19.9 Å². The predicted octanol–water partition coefficient (Wildman–Crippen LogP) is 2.36. The Balaban J connectivity index is 1.72. The zero-order valence-electron chi connectivity index (χ0n) is 13.8. The molecule has 3 aromatic rings. The number of nitrogens with zero attached hydrogens (tertiary/aromatic N) is 3. The molecule has 3 rings (SSSR count). The van der Waals surface area contributed by atoms with E-state index in [-0.39, 0.29) is 11.9 Å². The van der Waals surface area contributed by atoms with Crippen LogP contribution in [0.15, 0.2) is 41.0 Å². The Hall–Kier alpha value is -2.67. The lowest BCUT2D eigenvalue weighted by Crippen LogP contribution is -2.37. The Bertz CT molecular complexity index is 792. The summed E-state index contributed by atoms with van der Waals surface area (Å²) in [5, 5.41) is 13.5. The van der Waals surface area contributed by atoms with Gasteiger partial charge in [0.05, 0.1) is 12.3 Å². The van der Waals surface area contributed by atoms with Crippen molar-refractivity contribution in [2.75, 3.05) is 19.6 Å². The van der Waals surface area contributed by atoms with Crippen molar-refractivity contribution in [3.63, 3.8) is 0 Å². The Kier molecular flexibility index (Phi) is 4.90. The number of aromatic amines is 1. The highest BCUT2D eigenvalue weighted by Gasteiger charge is 2.21. The second kappa shape index (κ2) is 7.27. The Morgan fingerprint density at radius 3 is 2.75 bits per heavy atom. The van der Waals surface area contributed by atoms with E-state index in [0.29, 0.717) is 17.6 Å². The van der Waals surface area contributed by atoms with Crippen LogP contribution >= 0.6 is 0 Å². The zero-order valence-corrected chi connectivity index (χ0v) is 13.8. The number of likely N-dealkylation sites (N-methyl/N-ethyl adjacent to an activating group) is 1. The third-order valence-corrected chi connectivity index (χ3v) is 4.16. The van der Waals surface area contributed by atoms with Crippen molar-refractivity contribution in [2.24, 2.45) is 0 Å². The maximum atomic E-state index is 12.5. The van der Waals surface area contributed by atoms with Gasteiger partial charge in [0, 0.05) is 12.1 Å². The largest absolute Gasteiger partial charge is 0.468 e. The van der Waals surface area contributed by atoms with Crippen LogP contribution in [0.3, 0.4) is 0 Å². The minimum absolute atomic E-state index is 0.00901. The number of aromatic nitrogens is 3. The first-order valence-electron chi connectivity index (χ1n) is 8.09. The van der Waals surface area contributed by atoms with Gasteiger partial charge in [-0.2, -0.15) is 15.4 Å². The molecule has 2 aromatic heterocycles. The SMILES string of the molecule is CCN(CC)[C@@H](CNC(=O)c1ccc2n[nH]nc2c1)c1ccco1. The van der Waals surface area contributed by atoms with Gasteiger partial charge in [-0.3, -0.25) is 9.69 Å². The molecule has 0 aliphatic carbocycles. The number of amides is 1. The number of rotatable bonds is 7. The van der Waals surface area contributed by atoms with Crippen LogP contribution < -0.4 is 5.32 Å². The van der Waals surface area contributed by atoms with Gasteiger partial charge < -0.3 is 9.73 Å². The molecule has 2 heterocycles. The molecule has 0 spiro atoms. The van der Waals surface area contributed by atoms with E-state index in [1.54, 1.807) is 24.5 Å². The number of H-pyrrole nitrogens is 1. The number of carbonyl (C=O) groups excluding carboxylic acids is 1. The summed E-state index contributed by atoms with van der Waals surface area (Å²) in [6, 6.07) is 9.08. The van der Waals surface area contributed by atoms with Gasteiger partial charge in [0.1, 0.15) is 16.8 Å². The summed E-state index contributed by atoms with van der Waals surface area (Å²) in [7, 11) is 0. The minimum atomic E-state index is -0.136. The van der Waals surface area contributed by atoms with Crippen LogP contribution in [-0.4, -0.2) is 45.9 Å². The van der Waals surface area contributed by atoms with Gasteiger partial charge in [0.15, 0.2) is 0 Å². The molecule has 0 bridgehead atoms. The summed E-state index contributed by atoms with van der Waals surface area (Å²) < 4.78 is 5.55. The summed E-state index contributed by atoms with van der Waals surface area (Å²) in [5.41, 5.74) is 1.98. The van der Waals surface area contributed by atoms with E-state index in [1.807, 2.05) is 12.1 Å². The van der Waals surface area contributed by atoms with Crippen LogP contribution in [0.4, 0.5) is 0 Å². The van der Waals surface area contributed by atoms with Crippen molar-refractivity contribution < 1.29 is 9.21 Å². The first-order valence-corrected chi connectivity index (χ1v) is 8.09. The molecule has 0 saturated heterocycles. The van der Waals surface area contributed by atoms with Crippen molar-refractivity contribution in [3.05, 3.63) is 47.9 Å². The van der Waals surface area contributed by atoms with Crippen molar-refractivity contribution in [1.29, 1.82) is 0 Å². The molecule has 7 nitrogen and oxygen atoms in total. The topological polar surface area (TPSA) is 87.0 Å². The number of fused-ring (bicyclic) bond motifs is 1. The Morgan fingerprint density at radius 2 is 2.04 bits per heavy atom. The highest BCUT2D eigenvalue weighted by molar-refractivity contribution is 5.97. The zero-order chi connectivity index (χ0) is 16.9. The molecular weight excluding hydrogens is 306 g/mol. The van der Waals surface area contributed by atoms with Gasteiger partial charge in [0.2, 0.25) is 0 Å². The number of benzene rings is 1. The highest BCUT2D eigenvalue weighted by Crippen LogP contribution is 2.20. The second-order valence-corrected chi connectivity index (χ2v) is 5.49. The molecule has 0 aliphatic rings. The summed E-state index contributed by atoms with van der Waals surface area (Å²) in [5.74, 6) is 0.717. The van der Waals surface area contributed by atoms with E-state index < -0.39 is 0 Å². The molecular formula is C17H21N5O2. The molecule has 1 atom stereocenters. The fraction of sp³-hybridized carbons (Fsp3) is 0.353. The van der Waals surface area contributed by atoms with Crippen molar-refractivity contribution in [3.8, 4) is 0 Å². The third kappa shape index (κ3) is 3.30. The van der Waals surface area contributed by atoms with Crippen LogP contribution in [0.1, 0.15) is 36.0 Å². The minimum Gasteiger partial charge on any atom is -0.468 e. The summed E-state index contributed by atoms with van der Waals surface area (Å²) in [4.78, 5) is 14.7. The fourth-order valence-corrected chi connectivity index (χ4v) is 2.83. The van der Waals surface area contributed by atoms with E-state index in [2.05, 4.69) is 39.5 Å². The molecule has 0 radical (unpaired) electrons. The fourth-order valence-electron chi connectivity index (χ4n) is 2.83. The summed E-state index contributed by atoms with van der Waals surface area (Å²) >= 11 is 0. The second-order valence-electron chi connectivity index (χ2n) is 5.49. The van der Waals surface area contributed by atoms with Crippen LogP contribution in [0, 0.1) is 0 Å². The van der Waals surface area contributed by atoms with Gasteiger partial charge in [-0.25, -0.2) is 0 Å². The molecule has 126 valence electrons. The molecule has 0 saturated carbocycles. The van der Waals surface area contributed by atoms with Gasteiger partial charge in [-0.15, -0.1) is 0 Å². The predicted molar refractivity (Wildman–Crippen MR) is 90.6 cm³/mol. The Labute approximate surface area is 140 Å². The van der Waals surface area contributed by atoms with Gasteiger partial charge in [-0.1, -0.05) is 13.8 Å². The van der Waals surface area contributed by atoms with Crippen LogP contribution in [0.25, 0.3) is 11.0 Å². The summed E-state index contributed by atoms with van der Waals surface area (Å²) in [6.45, 7) is 6.43. The molecule has 0 unspecified atom stereocenters. The van der Waals surface area contributed by atoms with Crippen LogP contribution in [0.5, 0.6) is 0 Å². The number of nitrogens with one attached hydrogen (secondary N) is 2. The number of carbonyl (C=O) groups is 1. The van der Waals surface area contributed by atoms with E-state index in [1.165, 1.54) is 0 Å². The lowest BCUT2D eigenvalue weighted by molar-refractivity contribution is 0.0930. The lowest BCUT2D eigenvalue weighted by atomic mass is 10.1. The number of hydrogen-bond donors (Lipinski definition) is 2. The third-order valence-electron chi connectivity index (χ3n) is 4.16. The van der Waals surface area contributed by atoms with Gasteiger partial charge in [0.25, 0.3) is 5.91 Å². The maximum Gasteiger partial charge on any atom is 0.251 e. The van der Waals surface area contributed by atoms with E-state index in [0.717, 1.165) is 24.4 Å². The van der Waals surface area contributed by atoms with Crippen molar-refractivity contribution in [1.82, 2.24) is 25.6 Å². The molecule has 1 amide bonds. The van der Waals surface area contributed by atoms with Crippen LogP contribution in [0.2, 0.25) is 0 Å². The highest BCUT2D eigenvalue weighted by atomic mass is 16.3. The average molecular weight is 327 g/mol. The van der Waals surface area contributed by atoms with E-state index in [4.69, 9.17) is 4.42 Å². The van der Waals surface area contributed by atoms with Crippen LogP contribution in [-0.2, 0) is 0 Å². The first kappa shape index (κ1) is 16.2. The molecule has 0 aliphatic heterocycles. The molecule has 7 heteroatoms. The maximum absolute atomic E-state index is 12.5.